The van der Waals surface area contributed by atoms with Crippen LogP contribution in [0.25, 0.3) is 0 Å². The summed E-state index contributed by atoms with van der Waals surface area (Å²) in [5.41, 5.74) is 4.96. The zero-order chi connectivity index (χ0) is 22.1. The fraction of sp³-hybridized carbons (Fsp3) is 0.667. The van der Waals surface area contributed by atoms with Gasteiger partial charge in [-0.15, -0.1) is 0 Å². The van der Waals surface area contributed by atoms with Gasteiger partial charge in [0.05, 0.1) is 12.2 Å². The number of hydrogen-bond acceptors (Lipinski definition) is 5. The number of hydrogen-bond donors (Lipinski definition) is 1. The van der Waals surface area contributed by atoms with E-state index >= 15 is 0 Å². The zero-order valence-electron chi connectivity index (χ0n) is 19.3. The van der Waals surface area contributed by atoms with Gasteiger partial charge < -0.3 is 15.1 Å². The summed E-state index contributed by atoms with van der Waals surface area (Å²) >= 11 is 0. The smallest absolute Gasteiger partial charge is 0.226 e. The predicted octanol–water partition coefficient (Wildman–Crippen LogP) is 3.27. The molecule has 7 nitrogen and oxygen atoms in total. The lowest BCUT2D eigenvalue weighted by molar-refractivity contribution is -0.137. The molecule has 2 aliphatic heterocycles. The molecule has 168 valence electrons. The Hall–Kier alpha value is -2.44. The van der Waals surface area contributed by atoms with Crippen LogP contribution in [0.2, 0.25) is 0 Å². The Labute approximate surface area is 185 Å². The Morgan fingerprint density at radius 3 is 2.35 bits per heavy atom. The van der Waals surface area contributed by atoms with Crippen LogP contribution in [0, 0.1) is 5.92 Å². The van der Waals surface area contributed by atoms with Gasteiger partial charge in [0.1, 0.15) is 11.6 Å². The molecule has 0 saturated carbocycles. The molecule has 0 bridgehead atoms. The zero-order valence-corrected chi connectivity index (χ0v) is 19.3. The van der Waals surface area contributed by atoms with E-state index in [1.54, 1.807) is 6.92 Å². The van der Waals surface area contributed by atoms with Crippen molar-refractivity contribution in [1.82, 2.24) is 19.8 Å². The van der Waals surface area contributed by atoms with Crippen LogP contribution < -0.4 is 5.32 Å². The van der Waals surface area contributed by atoms with Crippen molar-refractivity contribution in [2.75, 3.05) is 32.0 Å². The maximum absolute atomic E-state index is 13.2. The summed E-state index contributed by atoms with van der Waals surface area (Å²) in [5.74, 6) is 2.55. The largest absolute Gasteiger partial charge is 0.373 e. The van der Waals surface area contributed by atoms with E-state index in [0.29, 0.717) is 6.54 Å². The topological polar surface area (TPSA) is 78.4 Å². The third kappa shape index (κ3) is 4.46. The van der Waals surface area contributed by atoms with Crippen LogP contribution in [0.3, 0.4) is 0 Å². The molecule has 0 unspecified atom stereocenters. The maximum Gasteiger partial charge on any atom is 0.226 e. The molecule has 7 heteroatoms. The third-order valence-corrected chi connectivity index (χ3v) is 7.43. The number of likely N-dealkylation sites (tertiary alicyclic amines) is 1. The molecule has 31 heavy (non-hydrogen) atoms. The van der Waals surface area contributed by atoms with Gasteiger partial charge in [-0.3, -0.25) is 9.59 Å². The maximum atomic E-state index is 13.2. The summed E-state index contributed by atoms with van der Waals surface area (Å²) in [6.07, 6.45) is 5.46. The Balaban J connectivity index is 1.49. The van der Waals surface area contributed by atoms with E-state index in [1.165, 1.54) is 11.1 Å². The first-order valence-corrected chi connectivity index (χ1v) is 11.6. The molecule has 1 aliphatic carbocycles. The molecule has 1 fully saturated rings. The van der Waals surface area contributed by atoms with E-state index in [9.17, 15) is 9.59 Å². The fourth-order valence-electron chi connectivity index (χ4n) is 5.18. The molecular formula is C24H35N5O2. The number of allylic oxidation sites excluding steroid dienone is 2. The summed E-state index contributed by atoms with van der Waals surface area (Å²) in [5, 5.41) is 3.25. The number of nitrogens with one attached hydrogen (secondary N) is 1. The lowest BCUT2D eigenvalue weighted by atomic mass is 9.84. The van der Waals surface area contributed by atoms with Crippen LogP contribution in [-0.2, 0) is 22.6 Å². The second-order valence-electron chi connectivity index (χ2n) is 9.40. The van der Waals surface area contributed by atoms with Gasteiger partial charge in [-0.05, 0) is 46.0 Å². The van der Waals surface area contributed by atoms with E-state index in [1.807, 2.05) is 16.8 Å². The van der Waals surface area contributed by atoms with Crippen molar-refractivity contribution in [2.45, 2.75) is 71.8 Å². The quantitative estimate of drug-likeness (QED) is 0.752. The van der Waals surface area contributed by atoms with Gasteiger partial charge >= 0.3 is 0 Å². The molecule has 1 aromatic rings. The standard InChI is InChI=1S/C24H35N5O2/c1-15-5-6-19(13-16(15)2)24(31)29-12-9-21-20(14-29)23(25-4)27-22(26-21)18-7-10-28(11-8-18)17(3)30/h18-19H,5-14H2,1-4H3,(H,25,26,27)/t19-/m1/s1. The molecule has 4 rings (SSSR count). The fourth-order valence-corrected chi connectivity index (χ4v) is 5.18. The second-order valence-corrected chi connectivity index (χ2v) is 9.40. The van der Waals surface area contributed by atoms with Crippen LogP contribution in [0.1, 0.15) is 75.9 Å². The second kappa shape index (κ2) is 8.97. The van der Waals surface area contributed by atoms with Crippen LogP contribution in [0.4, 0.5) is 5.82 Å². The van der Waals surface area contributed by atoms with Crippen LogP contribution in [0.5, 0.6) is 0 Å². The lowest BCUT2D eigenvalue weighted by Gasteiger charge is -2.35. The highest BCUT2D eigenvalue weighted by Gasteiger charge is 2.32. The van der Waals surface area contributed by atoms with Crippen LogP contribution >= 0.6 is 0 Å². The first kappa shape index (κ1) is 21.8. The molecule has 3 heterocycles. The van der Waals surface area contributed by atoms with Crippen LogP contribution in [0.15, 0.2) is 11.1 Å². The number of piperidine rings is 1. The number of anilines is 1. The van der Waals surface area contributed by atoms with Crippen LogP contribution in [-0.4, -0.2) is 58.3 Å². The summed E-state index contributed by atoms with van der Waals surface area (Å²) < 4.78 is 0. The SMILES string of the molecule is CNc1nc(C2CCN(C(C)=O)CC2)nc2c1CN(C(=O)[C@@H]1CCC(C)=C(C)C1)CC2. The minimum atomic E-state index is 0.106. The van der Waals surface area contributed by atoms with Gasteiger partial charge in [-0.2, -0.15) is 0 Å². The molecule has 0 aromatic carbocycles. The summed E-state index contributed by atoms with van der Waals surface area (Å²) in [4.78, 5) is 38.6. The Kier molecular flexibility index (Phi) is 6.30. The highest BCUT2D eigenvalue weighted by molar-refractivity contribution is 5.80. The number of fused-ring (bicyclic) bond motifs is 1. The summed E-state index contributed by atoms with van der Waals surface area (Å²) in [7, 11) is 1.89. The molecule has 1 saturated heterocycles. The highest BCUT2D eigenvalue weighted by atomic mass is 16.2. The number of carbonyl (C=O) groups is 2. The normalized spacial score (nSPS) is 22.4. The minimum absolute atomic E-state index is 0.106. The van der Waals surface area contributed by atoms with Crippen molar-refractivity contribution >= 4 is 17.6 Å². The Morgan fingerprint density at radius 2 is 1.71 bits per heavy atom. The molecule has 3 aliphatic rings. The minimum Gasteiger partial charge on any atom is -0.373 e. The van der Waals surface area contributed by atoms with Crippen molar-refractivity contribution in [2.24, 2.45) is 5.92 Å². The summed E-state index contributed by atoms with van der Waals surface area (Å²) in [6.45, 7) is 8.84. The molecule has 1 aromatic heterocycles. The van der Waals surface area contributed by atoms with E-state index in [0.717, 1.165) is 81.1 Å². The van der Waals surface area contributed by atoms with E-state index in [-0.39, 0.29) is 23.7 Å². The van der Waals surface area contributed by atoms with Crippen molar-refractivity contribution in [1.29, 1.82) is 0 Å². The third-order valence-electron chi connectivity index (χ3n) is 7.43. The Morgan fingerprint density at radius 1 is 0.968 bits per heavy atom. The molecule has 2 amide bonds. The van der Waals surface area contributed by atoms with E-state index in [4.69, 9.17) is 9.97 Å². The molecule has 1 N–H and O–H groups in total. The van der Waals surface area contributed by atoms with E-state index in [2.05, 4.69) is 19.2 Å². The van der Waals surface area contributed by atoms with Gasteiger partial charge in [-0.1, -0.05) is 11.1 Å². The number of amides is 2. The van der Waals surface area contributed by atoms with Gasteiger partial charge in [0.15, 0.2) is 0 Å². The molecule has 0 radical (unpaired) electrons. The molecule has 1 atom stereocenters. The first-order chi connectivity index (χ1) is 14.9. The van der Waals surface area contributed by atoms with Crippen molar-refractivity contribution < 1.29 is 9.59 Å². The predicted molar refractivity (Wildman–Crippen MR) is 121 cm³/mol. The molecule has 0 spiro atoms. The number of nitrogens with zero attached hydrogens (tertiary/aromatic N) is 4. The number of aromatic nitrogens is 2. The highest BCUT2D eigenvalue weighted by Crippen LogP contribution is 2.34. The monoisotopic (exact) mass is 425 g/mol. The van der Waals surface area contributed by atoms with Crippen molar-refractivity contribution in [3.05, 3.63) is 28.2 Å². The number of rotatable bonds is 3. The summed E-state index contributed by atoms with van der Waals surface area (Å²) in [6, 6.07) is 0. The van der Waals surface area contributed by atoms with Gasteiger partial charge in [0.25, 0.3) is 0 Å². The average Bonchev–Trinajstić information content (AvgIpc) is 2.79. The van der Waals surface area contributed by atoms with Crippen molar-refractivity contribution in [3.8, 4) is 0 Å². The molecular weight excluding hydrogens is 390 g/mol. The van der Waals surface area contributed by atoms with Gasteiger partial charge in [-0.25, -0.2) is 9.97 Å². The van der Waals surface area contributed by atoms with Crippen molar-refractivity contribution in [3.63, 3.8) is 0 Å². The Bertz CT molecular complexity index is 884. The van der Waals surface area contributed by atoms with Gasteiger partial charge in [0, 0.05) is 57.4 Å². The average molecular weight is 426 g/mol. The van der Waals surface area contributed by atoms with Gasteiger partial charge in [0.2, 0.25) is 11.8 Å². The lowest BCUT2D eigenvalue weighted by Crippen LogP contribution is -2.41. The number of carbonyl (C=O) groups excluding carboxylic acids is 2. The van der Waals surface area contributed by atoms with E-state index < -0.39 is 0 Å². The first-order valence-electron chi connectivity index (χ1n) is 11.6.